The molecule has 0 radical (unpaired) electrons. The number of likely N-dealkylation sites (N-methyl/N-ethyl adjacent to an activating group) is 1. The minimum atomic E-state index is 0.0197. The molecule has 1 saturated heterocycles. The van der Waals surface area contributed by atoms with Crippen LogP contribution in [-0.4, -0.2) is 41.2 Å². The van der Waals surface area contributed by atoms with Gasteiger partial charge in [0.05, 0.1) is 0 Å². The van der Waals surface area contributed by atoms with Crippen molar-refractivity contribution in [3.05, 3.63) is 35.5 Å². The summed E-state index contributed by atoms with van der Waals surface area (Å²) in [5.41, 5.74) is 4.21. The number of aromatic amines is 1. The summed E-state index contributed by atoms with van der Waals surface area (Å²) in [4.78, 5) is 5.87. The average Bonchev–Trinajstić information content (AvgIpc) is 2.85. The summed E-state index contributed by atoms with van der Waals surface area (Å²) in [7, 11) is 2.21. The number of nitrogens with one attached hydrogen (secondary N) is 1. The third-order valence-electron chi connectivity index (χ3n) is 5.40. The summed E-state index contributed by atoms with van der Waals surface area (Å²) in [6.45, 7) is 3.48. The lowest BCUT2D eigenvalue weighted by molar-refractivity contribution is 0.0131. The van der Waals surface area contributed by atoms with E-state index in [1.54, 1.807) is 0 Å². The molecule has 4 rings (SSSR count). The number of aliphatic hydroxyl groups excluding tert-OH is 1. The van der Waals surface area contributed by atoms with E-state index in [2.05, 4.69) is 48.3 Å². The molecule has 0 amide bonds. The third kappa shape index (κ3) is 1.60. The number of fused-ring (bicyclic) bond motifs is 2. The summed E-state index contributed by atoms with van der Waals surface area (Å²) in [6, 6.07) is 7.18. The summed E-state index contributed by atoms with van der Waals surface area (Å²) >= 11 is 0. The summed E-state index contributed by atoms with van der Waals surface area (Å²) < 4.78 is 0. The van der Waals surface area contributed by atoms with Crippen LogP contribution in [0, 0.1) is 5.41 Å². The lowest BCUT2D eigenvalue weighted by Gasteiger charge is -2.49. The number of benzene rings is 1. The quantitative estimate of drug-likeness (QED) is 0.836. The SMILES string of the molecule is CN1C[C@](C)(CO)C[C@@H]2c3cccc4[nH]cc(c34)C[C@H]21. The first kappa shape index (κ1) is 12.4. The molecule has 2 heterocycles. The number of rotatable bonds is 1. The minimum absolute atomic E-state index is 0.0197. The highest BCUT2D eigenvalue weighted by molar-refractivity contribution is 5.88. The molecule has 0 saturated carbocycles. The highest BCUT2D eigenvalue weighted by Gasteiger charge is 2.43. The van der Waals surface area contributed by atoms with Gasteiger partial charge in [-0.2, -0.15) is 0 Å². The highest BCUT2D eigenvalue weighted by atomic mass is 16.3. The summed E-state index contributed by atoms with van der Waals surface area (Å²) in [5.74, 6) is 0.540. The van der Waals surface area contributed by atoms with Crippen molar-refractivity contribution in [2.24, 2.45) is 5.41 Å². The van der Waals surface area contributed by atoms with Gasteiger partial charge in [-0.05, 0) is 37.1 Å². The molecule has 3 atom stereocenters. The molecule has 1 aromatic heterocycles. The van der Waals surface area contributed by atoms with Gasteiger partial charge in [0, 0.05) is 47.6 Å². The standard InChI is InChI=1S/C17H22N2O/c1-17(10-20)7-13-12-4-3-5-14-16(12)11(8-18-14)6-15(13)19(2)9-17/h3-5,8,13,15,18,20H,6-7,9-10H2,1-2H3/t13-,15-,17-/m1/s1. The van der Waals surface area contributed by atoms with Crippen LogP contribution in [0.4, 0.5) is 0 Å². The van der Waals surface area contributed by atoms with Gasteiger partial charge in [0.15, 0.2) is 0 Å². The molecule has 0 bridgehead atoms. The molecule has 2 aromatic rings. The van der Waals surface area contributed by atoms with Gasteiger partial charge in [-0.3, -0.25) is 0 Å². The Morgan fingerprint density at radius 3 is 3.10 bits per heavy atom. The molecule has 2 aliphatic rings. The van der Waals surface area contributed by atoms with Crippen molar-refractivity contribution in [2.75, 3.05) is 20.2 Å². The lowest BCUT2D eigenvalue weighted by atomic mass is 9.67. The molecule has 0 spiro atoms. The first-order valence-electron chi connectivity index (χ1n) is 7.51. The van der Waals surface area contributed by atoms with E-state index in [1.165, 1.54) is 22.0 Å². The Hall–Kier alpha value is -1.32. The first-order chi connectivity index (χ1) is 9.61. The van der Waals surface area contributed by atoms with Gasteiger partial charge < -0.3 is 15.0 Å². The highest BCUT2D eigenvalue weighted by Crippen LogP contribution is 2.47. The number of likely N-dealkylation sites (tertiary alicyclic amines) is 1. The van der Waals surface area contributed by atoms with Gasteiger partial charge in [0.25, 0.3) is 0 Å². The number of nitrogens with zero attached hydrogens (tertiary/aromatic N) is 1. The Morgan fingerprint density at radius 2 is 2.30 bits per heavy atom. The minimum Gasteiger partial charge on any atom is -0.396 e. The van der Waals surface area contributed by atoms with E-state index in [0.717, 1.165) is 19.4 Å². The first-order valence-corrected chi connectivity index (χ1v) is 7.51. The fourth-order valence-electron chi connectivity index (χ4n) is 4.47. The zero-order valence-corrected chi connectivity index (χ0v) is 12.2. The topological polar surface area (TPSA) is 39.3 Å². The number of aromatic nitrogens is 1. The van der Waals surface area contributed by atoms with Crippen LogP contribution in [0.15, 0.2) is 24.4 Å². The van der Waals surface area contributed by atoms with E-state index < -0.39 is 0 Å². The maximum atomic E-state index is 9.77. The van der Waals surface area contributed by atoms with Crippen molar-refractivity contribution in [1.29, 1.82) is 0 Å². The molecular weight excluding hydrogens is 248 g/mol. The third-order valence-corrected chi connectivity index (χ3v) is 5.40. The van der Waals surface area contributed by atoms with Crippen LogP contribution in [0.1, 0.15) is 30.4 Å². The Kier molecular flexibility index (Phi) is 2.54. The van der Waals surface area contributed by atoms with Crippen LogP contribution in [0.25, 0.3) is 10.9 Å². The van der Waals surface area contributed by atoms with Crippen molar-refractivity contribution in [2.45, 2.75) is 31.7 Å². The Bertz CT molecular complexity index is 662. The van der Waals surface area contributed by atoms with Crippen molar-refractivity contribution >= 4 is 10.9 Å². The monoisotopic (exact) mass is 270 g/mol. The predicted molar refractivity (Wildman–Crippen MR) is 81.0 cm³/mol. The smallest absolute Gasteiger partial charge is 0.0497 e. The normalized spacial score (nSPS) is 33.4. The van der Waals surface area contributed by atoms with Gasteiger partial charge in [-0.1, -0.05) is 19.1 Å². The van der Waals surface area contributed by atoms with Crippen molar-refractivity contribution in [3.63, 3.8) is 0 Å². The van der Waals surface area contributed by atoms with Crippen LogP contribution in [0.5, 0.6) is 0 Å². The van der Waals surface area contributed by atoms with E-state index >= 15 is 0 Å². The van der Waals surface area contributed by atoms with Crippen LogP contribution < -0.4 is 0 Å². The number of hydrogen-bond donors (Lipinski definition) is 2. The molecule has 2 N–H and O–H groups in total. The Labute approximate surface area is 119 Å². The summed E-state index contributed by atoms with van der Waals surface area (Å²) in [6.07, 6.45) is 4.39. The molecule has 1 aliphatic heterocycles. The molecule has 3 nitrogen and oxygen atoms in total. The number of hydrogen-bond acceptors (Lipinski definition) is 2. The Morgan fingerprint density at radius 1 is 1.45 bits per heavy atom. The van der Waals surface area contributed by atoms with Crippen LogP contribution in [-0.2, 0) is 6.42 Å². The molecule has 0 unspecified atom stereocenters. The van der Waals surface area contributed by atoms with Gasteiger partial charge in [-0.25, -0.2) is 0 Å². The number of piperidine rings is 1. The second-order valence-electron chi connectivity index (χ2n) is 7.05. The zero-order chi connectivity index (χ0) is 13.9. The summed E-state index contributed by atoms with van der Waals surface area (Å²) in [5, 5.41) is 11.2. The molecule has 1 aromatic carbocycles. The molecule has 106 valence electrons. The molecule has 3 heteroatoms. The molecular formula is C17H22N2O. The Balaban J connectivity index is 1.87. The fraction of sp³-hybridized carbons (Fsp3) is 0.529. The maximum absolute atomic E-state index is 9.77. The lowest BCUT2D eigenvalue weighted by Crippen LogP contribution is -2.52. The van der Waals surface area contributed by atoms with Crippen molar-refractivity contribution < 1.29 is 5.11 Å². The van der Waals surface area contributed by atoms with E-state index in [9.17, 15) is 5.11 Å². The van der Waals surface area contributed by atoms with Gasteiger partial charge in [0.2, 0.25) is 0 Å². The molecule has 1 fully saturated rings. The van der Waals surface area contributed by atoms with Crippen molar-refractivity contribution in [3.8, 4) is 0 Å². The predicted octanol–water partition coefficient (Wildman–Crippen LogP) is 2.51. The van der Waals surface area contributed by atoms with E-state index in [4.69, 9.17) is 0 Å². The fourth-order valence-corrected chi connectivity index (χ4v) is 4.47. The average molecular weight is 270 g/mol. The van der Waals surface area contributed by atoms with Gasteiger partial charge in [0.1, 0.15) is 0 Å². The molecule has 20 heavy (non-hydrogen) atoms. The zero-order valence-electron chi connectivity index (χ0n) is 12.2. The van der Waals surface area contributed by atoms with E-state index in [-0.39, 0.29) is 12.0 Å². The van der Waals surface area contributed by atoms with Crippen LogP contribution in [0.2, 0.25) is 0 Å². The van der Waals surface area contributed by atoms with Crippen molar-refractivity contribution in [1.82, 2.24) is 9.88 Å². The largest absolute Gasteiger partial charge is 0.396 e. The van der Waals surface area contributed by atoms with Crippen LogP contribution in [0.3, 0.4) is 0 Å². The number of H-pyrrole nitrogens is 1. The maximum Gasteiger partial charge on any atom is 0.0497 e. The van der Waals surface area contributed by atoms with Gasteiger partial charge >= 0.3 is 0 Å². The van der Waals surface area contributed by atoms with E-state index in [0.29, 0.717) is 12.0 Å². The number of aliphatic hydroxyl groups is 1. The molecule has 1 aliphatic carbocycles. The second kappa shape index (κ2) is 4.09. The van der Waals surface area contributed by atoms with Crippen LogP contribution >= 0.6 is 0 Å². The van der Waals surface area contributed by atoms with Gasteiger partial charge in [-0.15, -0.1) is 0 Å². The second-order valence-corrected chi connectivity index (χ2v) is 7.05. The van der Waals surface area contributed by atoms with E-state index in [1.807, 2.05) is 0 Å².